The van der Waals surface area contributed by atoms with Crippen molar-refractivity contribution in [3.63, 3.8) is 0 Å². The summed E-state index contributed by atoms with van der Waals surface area (Å²) < 4.78 is 10.7. The first-order valence-electron chi connectivity index (χ1n) is 10.9. The molecule has 2 aromatic carbocycles. The van der Waals surface area contributed by atoms with Crippen LogP contribution in [0.25, 0.3) is 15.8 Å². The molecule has 2 unspecified atom stereocenters. The van der Waals surface area contributed by atoms with E-state index in [1.165, 1.54) is 47.6 Å². The van der Waals surface area contributed by atoms with Crippen molar-refractivity contribution in [1.29, 1.82) is 0 Å². The molecule has 0 saturated carbocycles. The van der Waals surface area contributed by atoms with E-state index in [1.807, 2.05) is 23.1 Å². The van der Waals surface area contributed by atoms with Crippen LogP contribution in [0.4, 0.5) is 5.69 Å². The number of thioether (sulfide) groups is 1. The summed E-state index contributed by atoms with van der Waals surface area (Å²) in [6.45, 7) is 4.43. The van der Waals surface area contributed by atoms with Crippen LogP contribution in [0, 0.1) is 0 Å². The first-order valence-corrected chi connectivity index (χ1v) is 12.6. The molecule has 0 fully saturated rings. The predicted octanol–water partition coefficient (Wildman–Crippen LogP) is 5.75. The fraction of sp³-hybridized carbons (Fsp3) is 0.320. The number of nitrogens with zero attached hydrogens (tertiary/aromatic N) is 2. The number of hydrogen-bond acceptors (Lipinski definition) is 4. The number of para-hydroxylation sites is 2. The average Bonchev–Trinajstić information content (AvgIpc) is 3.35. The third-order valence-corrected chi connectivity index (χ3v) is 9.28. The Morgan fingerprint density at radius 1 is 1.03 bits per heavy atom. The zero-order valence-corrected chi connectivity index (χ0v) is 18.6. The third kappa shape index (κ3) is 2.29. The molecule has 0 N–H and O–H groups in total. The molecule has 150 valence electrons. The molecule has 0 bridgehead atoms. The van der Waals surface area contributed by atoms with Crippen LogP contribution in [0.15, 0.2) is 69.6 Å². The quantitative estimate of drug-likeness (QED) is 0.457. The van der Waals surface area contributed by atoms with Gasteiger partial charge < -0.3 is 9.64 Å². The number of fused-ring (bicyclic) bond motifs is 9. The number of benzene rings is 2. The first kappa shape index (κ1) is 17.6. The molecule has 0 spiro atoms. The van der Waals surface area contributed by atoms with Crippen LogP contribution in [-0.4, -0.2) is 18.8 Å². The van der Waals surface area contributed by atoms with Gasteiger partial charge in [0.05, 0.1) is 28.5 Å². The molecule has 0 aliphatic carbocycles. The maximum absolute atomic E-state index is 6.82. The normalized spacial score (nSPS) is 24.5. The lowest BCUT2D eigenvalue weighted by atomic mass is 9.84. The van der Waals surface area contributed by atoms with E-state index in [4.69, 9.17) is 4.74 Å². The summed E-state index contributed by atoms with van der Waals surface area (Å²) >= 11 is 3.88. The topological polar surface area (TPSA) is 16.4 Å². The van der Waals surface area contributed by atoms with Crippen LogP contribution in [0.5, 0.6) is 0 Å². The summed E-state index contributed by atoms with van der Waals surface area (Å²) in [6.07, 6.45) is 3.69. The molecule has 7 rings (SSSR count). The maximum Gasteiger partial charge on any atom is 0.268 e. The van der Waals surface area contributed by atoms with Crippen molar-refractivity contribution < 1.29 is 9.30 Å². The minimum absolute atomic E-state index is 0.239. The molecule has 3 nitrogen and oxygen atoms in total. The Kier molecular flexibility index (Phi) is 3.79. The van der Waals surface area contributed by atoms with Crippen LogP contribution in [0.3, 0.4) is 0 Å². The Bertz CT molecular complexity index is 1270. The molecular formula is C25H23N2OS2+. The summed E-state index contributed by atoms with van der Waals surface area (Å²) in [5.74, 6) is 0. The second kappa shape index (κ2) is 6.46. The predicted molar refractivity (Wildman–Crippen MR) is 124 cm³/mol. The molecule has 4 aliphatic rings. The Morgan fingerprint density at radius 2 is 1.87 bits per heavy atom. The minimum atomic E-state index is 0.239. The number of anilines is 1. The molecule has 3 aromatic rings. The summed E-state index contributed by atoms with van der Waals surface area (Å²) in [6, 6.07) is 17.7. The van der Waals surface area contributed by atoms with Crippen molar-refractivity contribution in [3.8, 4) is 0 Å². The highest BCUT2D eigenvalue weighted by atomic mass is 32.2. The minimum Gasteiger partial charge on any atom is -0.365 e. The van der Waals surface area contributed by atoms with Gasteiger partial charge in [-0.2, -0.15) is 4.57 Å². The Hall–Kier alpha value is -2.08. The largest absolute Gasteiger partial charge is 0.365 e. The number of aryl methyl sites for hydroxylation is 1. The standard InChI is InChI=1S/C25H23N2OS2/c1-2-15-22-18(11-13-26-16-7-3-5-9-20(16)29-24(22)26)28-19-12-14-27-17-8-4-6-10-21(17)30-25(27)23(15)19/h3-10,18-19H,2,11-14H2,1H3/q+1. The molecule has 5 heterocycles. The second-order valence-electron chi connectivity index (χ2n) is 8.40. The van der Waals surface area contributed by atoms with Crippen molar-refractivity contribution in [1.82, 2.24) is 0 Å². The van der Waals surface area contributed by atoms with E-state index < -0.39 is 0 Å². The molecule has 0 saturated heterocycles. The van der Waals surface area contributed by atoms with Gasteiger partial charge in [0.25, 0.3) is 5.01 Å². The van der Waals surface area contributed by atoms with Gasteiger partial charge in [0.15, 0.2) is 6.54 Å². The van der Waals surface area contributed by atoms with Gasteiger partial charge in [-0.05, 0) is 36.6 Å². The molecule has 0 radical (unpaired) electrons. The summed E-state index contributed by atoms with van der Waals surface area (Å²) in [7, 11) is 0. The van der Waals surface area contributed by atoms with E-state index in [2.05, 4.69) is 64.9 Å². The van der Waals surface area contributed by atoms with Crippen LogP contribution in [0.2, 0.25) is 0 Å². The number of hydrogen-bond donors (Lipinski definition) is 0. The van der Waals surface area contributed by atoms with Gasteiger partial charge in [-0.3, -0.25) is 0 Å². The zero-order valence-electron chi connectivity index (χ0n) is 16.9. The smallest absolute Gasteiger partial charge is 0.268 e. The van der Waals surface area contributed by atoms with Crippen molar-refractivity contribution in [2.24, 2.45) is 0 Å². The summed E-state index contributed by atoms with van der Waals surface area (Å²) in [5, 5.41) is 2.82. The van der Waals surface area contributed by atoms with E-state index in [1.54, 1.807) is 0 Å². The van der Waals surface area contributed by atoms with E-state index in [-0.39, 0.29) is 12.2 Å². The van der Waals surface area contributed by atoms with E-state index >= 15 is 0 Å². The Morgan fingerprint density at radius 3 is 2.80 bits per heavy atom. The van der Waals surface area contributed by atoms with Crippen molar-refractivity contribution in [2.75, 3.05) is 11.4 Å². The molecular weight excluding hydrogens is 408 g/mol. The van der Waals surface area contributed by atoms with E-state index in [0.29, 0.717) is 0 Å². The molecule has 1 aromatic heterocycles. The van der Waals surface area contributed by atoms with Crippen LogP contribution >= 0.6 is 23.1 Å². The van der Waals surface area contributed by atoms with Gasteiger partial charge in [-0.1, -0.05) is 54.3 Å². The van der Waals surface area contributed by atoms with Crippen molar-refractivity contribution in [3.05, 3.63) is 69.7 Å². The molecule has 0 amide bonds. The monoisotopic (exact) mass is 431 g/mol. The van der Waals surface area contributed by atoms with Gasteiger partial charge in [0.1, 0.15) is 4.70 Å². The average molecular weight is 432 g/mol. The molecule has 4 aliphatic heterocycles. The van der Waals surface area contributed by atoms with Gasteiger partial charge in [0, 0.05) is 29.5 Å². The van der Waals surface area contributed by atoms with Crippen molar-refractivity contribution in [2.45, 2.75) is 49.8 Å². The highest BCUT2D eigenvalue weighted by molar-refractivity contribution is 8.03. The van der Waals surface area contributed by atoms with Gasteiger partial charge in [-0.15, -0.1) is 0 Å². The lowest BCUT2D eigenvalue weighted by Gasteiger charge is -2.41. The third-order valence-electron chi connectivity index (χ3n) is 6.88. The fourth-order valence-corrected chi connectivity index (χ4v) is 8.22. The van der Waals surface area contributed by atoms with Gasteiger partial charge in [-0.25, -0.2) is 0 Å². The van der Waals surface area contributed by atoms with Crippen molar-refractivity contribution >= 4 is 44.6 Å². The van der Waals surface area contributed by atoms with Crippen LogP contribution in [0.1, 0.15) is 31.2 Å². The highest BCUT2D eigenvalue weighted by Crippen LogP contribution is 2.54. The Balaban J connectivity index is 1.48. The van der Waals surface area contributed by atoms with Crippen LogP contribution < -0.4 is 9.47 Å². The molecule has 2 atom stereocenters. The van der Waals surface area contributed by atoms with Gasteiger partial charge >= 0.3 is 0 Å². The number of rotatable bonds is 1. The van der Waals surface area contributed by atoms with E-state index in [0.717, 1.165) is 32.4 Å². The summed E-state index contributed by atoms with van der Waals surface area (Å²) in [4.78, 5) is 3.91. The lowest BCUT2D eigenvalue weighted by molar-refractivity contribution is -0.674. The summed E-state index contributed by atoms with van der Waals surface area (Å²) in [5.41, 5.74) is 7.19. The second-order valence-corrected chi connectivity index (χ2v) is 10.5. The highest BCUT2D eigenvalue weighted by Gasteiger charge is 2.46. The number of ether oxygens (including phenoxy) is 1. The number of thiazole rings is 1. The SMILES string of the molecule is CCC1=C2c3sc4ccccc4[n+]3CCC2OC2CCN3C(=C12)Sc1ccccc13. The molecule has 5 heteroatoms. The fourth-order valence-electron chi connectivity index (χ4n) is 5.62. The first-order chi connectivity index (χ1) is 14.8. The van der Waals surface area contributed by atoms with Crippen LogP contribution in [-0.2, 0) is 11.3 Å². The van der Waals surface area contributed by atoms with Gasteiger partial charge in [0.2, 0.25) is 5.52 Å². The molecule has 30 heavy (non-hydrogen) atoms. The zero-order chi connectivity index (χ0) is 19.8. The lowest BCUT2D eigenvalue weighted by Crippen LogP contribution is -2.48. The number of aromatic nitrogens is 1. The van der Waals surface area contributed by atoms with E-state index in [9.17, 15) is 0 Å². The Labute approximate surface area is 184 Å². The maximum atomic E-state index is 6.82.